The van der Waals surface area contributed by atoms with Crippen LogP contribution in [0.25, 0.3) is 0 Å². The Morgan fingerprint density at radius 3 is 2.48 bits per heavy atom. The highest BCUT2D eigenvalue weighted by atomic mass is 16.6. The predicted octanol–water partition coefficient (Wildman–Crippen LogP) is 4.59. The van der Waals surface area contributed by atoms with E-state index in [2.05, 4.69) is 22.1 Å². The molecule has 1 heterocycles. The molecule has 13 heteroatoms. The highest BCUT2D eigenvalue weighted by molar-refractivity contribution is 6.06. The van der Waals surface area contributed by atoms with E-state index >= 15 is 0 Å². The van der Waals surface area contributed by atoms with Crippen LogP contribution in [0.2, 0.25) is 0 Å². The van der Waals surface area contributed by atoms with Crippen molar-refractivity contribution in [3.8, 4) is 11.5 Å². The number of carbonyl (C=O) groups is 2. The first-order chi connectivity index (χ1) is 22.8. The molecule has 2 aromatic carbocycles. The smallest absolute Gasteiger partial charge is 0.336 e. The van der Waals surface area contributed by atoms with Crippen molar-refractivity contribution in [2.24, 2.45) is 10.9 Å². The Labute approximate surface area is 281 Å². The molecule has 0 saturated carbocycles. The van der Waals surface area contributed by atoms with Crippen LogP contribution in [-0.2, 0) is 14.3 Å². The van der Waals surface area contributed by atoms with E-state index in [0.717, 1.165) is 12.8 Å². The number of esters is 1. The minimum atomic E-state index is -1.23. The second-order valence-corrected chi connectivity index (χ2v) is 12.4. The number of rotatable bonds is 19. The number of nitrogens with one attached hydrogen (secondary N) is 1. The van der Waals surface area contributed by atoms with Crippen molar-refractivity contribution in [3.05, 3.63) is 75.5 Å². The molecule has 0 spiro atoms. The maximum atomic E-state index is 13.6. The molecule has 13 nitrogen and oxygen atoms in total. The van der Waals surface area contributed by atoms with E-state index in [4.69, 9.17) is 14.2 Å². The number of carboxylic acids is 1. The number of hydrogen-bond acceptors (Lipinski definition) is 11. The molecular formula is C35H48N4O9. The van der Waals surface area contributed by atoms with Gasteiger partial charge in [0.1, 0.15) is 18.6 Å². The molecule has 0 fully saturated rings. The summed E-state index contributed by atoms with van der Waals surface area (Å²) in [5.41, 5.74) is 0.310. The Morgan fingerprint density at radius 1 is 1.15 bits per heavy atom. The summed E-state index contributed by atoms with van der Waals surface area (Å²) in [7, 11) is 1.55. The second kappa shape index (κ2) is 17.7. The molecule has 0 radical (unpaired) electrons. The number of nitro groups is 1. The van der Waals surface area contributed by atoms with Gasteiger partial charge in [0.15, 0.2) is 11.5 Å². The second-order valence-electron chi connectivity index (χ2n) is 12.4. The summed E-state index contributed by atoms with van der Waals surface area (Å²) in [6.45, 7) is 11.0. The number of methoxy groups -OCH3 is 1. The van der Waals surface area contributed by atoms with Crippen LogP contribution < -0.4 is 14.8 Å². The summed E-state index contributed by atoms with van der Waals surface area (Å²) < 4.78 is 16.5. The van der Waals surface area contributed by atoms with Crippen molar-refractivity contribution < 1.29 is 38.9 Å². The average Bonchev–Trinajstić information content (AvgIpc) is 3.04. The number of hydrogen-bond donors (Lipinski definition) is 3. The maximum absolute atomic E-state index is 13.6. The van der Waals surface area contributed by atoms with Gasteiger partial charge in [-0.25, -0.2) is 4.79 Å². The fourth-order valence-corrected chi connectivity index (χ4v) is 5.82. The van der Waals surface area contributed by atoms with Crippen molar-refractivity contribution in [3.63, 3.8) is 0 Å². The number of nitrogens with zero attached hydrogens (tertiary/aromatic N) is 3. The molecule has 1 aliphatic rings. The Hall–Kier alpha value is -4.33. The highest BCUT2D eigenvalue weighted by Gasteiger charge is 2.43. The predicted molar refractivity (Wildman–Crippen MR) is 182 cm³/mol. The SMILES string of the molecule is CCCCN(CC1=C(C(=O)OCC)C(c2cccc([N+](=O)[O-])c2)C(C(=O)O)C(C)=N1)CC(C)(C)NCC(O)COc1ccccc1OC. The molecule has 0 bridgehead atoms. The van der Waals surface area contributed by atoms with Crippen LogP contribution in [-0.4, -0.2) is 95.8 Å². The van der Waals surface area contributed by atoms with Crippen molar-refractivity contribution in [1.29, 1.82) is 0 Å². The third-order valence-corrected chi connectivity index (χ3v) is 8.05. The molecule has 48 heavy (non-hydrogen) atoms. The van der Waals surface area contributed by atoms with Crippen LogP contribution in [0, 0.1) is 16.0 Å². The Bertz CT molecular complexity index is 1490. The van der Waals surface area contributed by atoms with Crippen LogP contribution in [0.1, 0.15) is 58.9 Å². The van der Waals surface area contributed by atoms with Crippen LogP contribution in [0.15, 0.2) is 64.8 Å². The first-order valence-electron chi connectivity index (χ1n) is 16.2. The number of para-hydroxylation sites is 2. The summed E-state index contributed by atoms with van der Waals surface area (Å²) in [4.78, 5) is 44.1. The lowest BCUT2D eigenvalue weighted by Gasteiger charge is -2.36. The van der Waals surface area contributed by atoms with Gasteiger partial charge in [-0.15, -0.1) is 0 Å². The summed E-state index contributed by atoms with van der Waals surface area (Å²) in [5, 5.41) is 36.0. The number of nitro benzene ring substituents is 1. The minimum Gasteiger partial charge on any atom is -0.493 e. The Balaban J connectivity index is 1.90. The number of benzene rings is 2. The van der Waals surface area contributed by atoms with Gasteiger partial charge in [0, 0.05) is 48.9 Å². The van der Waals surface area contributed by atoms with Gasteiger partial charge < -0.3 is 29.7 Å². The summed E-state index contributed by atoms with van der Waals surface area (Å²) in [5.74, 6) is -3.08. The van der Waals surface area contributed by atoms with Crippen LogP contribution in [0.4, 0.5) is 5.69 Å². The van der Waals surface area contributed by atoms with Crippen molar-refractivity contribution in [2.75, 3.05) is 46.5 Å². The zero-order valence-electron chi connectivity index (χ0n) is 28.6. The largest absolute Gasteiger partial charge is 0.493 e. The lowest BCUT2D eigenvalue weighted by Crippen LogP contribution is -2.52. The molecular weight excluding hydrogens is 620 g/mol. The highest BCUT2D eigenvalue weighted by Crippen LogP contribution is 2.41. The van der Waals surface area contributed by atoms with Crippen molar-refractivity contribution in [1.82, 2.24) is 10.2 Å². The number of aliphatic imine (C=N–C) groups is 1. The molecule has 3 rings (SSSR count). The third-order valence-electron chi connectivity index (χ3n) is 8.05. The van der Waals surface area contributed by atoms with E-state index in [0.29, 0.717) is 35.8 Å². The van der Waals surface area contributed by atoms with E-state index < -0.39 is 40.3 Å². The maximum Gasteiger partial charge on any atom is 0.336 e. The number of aliphatic hydroxyl groups is 1. The Kier molecular flexibility index (Phi) is 14.1. The number of carbonyl (C=O) groups excluding carboxylic acids is 1. The Morgan fingerprint density at radius 2 is 1.85 bits per heavy atom. The molecule has 0 saturated heterocycles. The van der Waals surface area contributed by atoms with Gasteiger partial charge in [0.25, 0.3) is 5.69 Å². The molecule has 3 atom stereocenters. The fraction of sp³-hybridized carbons (Fsp3) is 0.514. The number of aliphatic hydroxyl groups excluding tert-OH is 1. The van der Waals surface area contributed by atoms with Crippen LogP contribution in [0.5, 0.6) is 11.5 Å². The number of β-amino-alcohol motifs (C(OH)–C–C–N with tert-alkyl or cyclic N) is 1. The molecule has 0 aromatic heterocycles. The van der Waals surface area contributed by atoms with Crippen LogP contribution >= 0.6 is 0 Å². The minimum absolute atomic E-state index is 0.0521. The number of ether oxygens (including phenoxy) is 3. The molecule has 262 valence electrons. The summed E-state index contributed by atoms with van der Waals surface area (Å²) >= 11 is 0. The van der Waals surface area contributed by atoms with E-state index in [1.54, 1.807) is 39.2 Å². The van der Waals surface area contributed by atoms with E-state index in [1.807, 2.05) is 26.0 Å². The van der Waals surface area contributed by atoms with Crippen LogP contribution in [0.3, 0.4) is 0 Å². The number of unbranched alkanes of at least 4 members (excludes halogenated alkanes) is 1. The van der Waals surface area contributed by atoms with Gasteiger partial charge in [0.2, 0.25) is 0 Å². The molecule has 0 aliphatic carbocycles. The third kappa shape index (κ3) is 10.3. The number of carboxylic acid groups (broad SMARTS) is 1. The first kappa shape index (κ1) is 38.1. The molecule has 0 amide bonds. The van der Waals surface area contributed by atoms with Gasteiger partial charge in [-0.1, -0.05) is 37.6 Å². The van der Waals surface area contributed by atoms with E-state index in [-0.39, 0.29) is 43.3 Å². The van der Waals surface area contributed by atoms with Gasteiger partial charge in [-0.2, -0.15) is 0 Å². The number of non-ortho nitro benzene ring substituents is 1. The van der Waals surface area contributed by atoms with Gasteiger partial charge in [-0.05, 0) is 58.4 Å². The molecule has 1 aliphatic heterocycles. The van der Waals surface area contributed by atoms with Gasteiger partial charge in [-0.3, -0.25) is 24.8 Å². The summed E-state index contributed by atoms with van der Waals surface area (Å²) in [6.07, 6.45) is 0.945. The molecule has 3 unspecified atom stereocenters. The van der Waals surface area contributed by atoms with Gasteiger partial charge in [0.05, 0.1) is 29.9 Å². The number of aliphatic carboxylic acids is 1. The summed E-state index contributed by atoms with van der Waals surface area (Å²) in [6, 6.07) is 12.9. The monoisotopic (exact) mass is 668 g/mol. The average molecular weight is 669 g/mol. The topological polar surface area (TPSA) is 173 Å². The zero-order chi connectivity index (χ0) is 35.4. The lowest BCUT2D eigenvalue weighted by atomic mass is 9.75. The lowest BCUT2D eigenvalue weighted by molar-refractivity contribution is -0.384. The first-order valence-corrected chi connectivity index (χ1v) is 16.2. The zero-order valence-corrected chi connectivity index (χ0v) is 28.6. The molecule has 2 aromatic rings. The van der Waals surface area contributed by atoms with Crippen molar-refractivity contribution in [2.45, 2.75) is 65.0 Å². The quantitative estimate of drug-likeness (QED) is 0.109. The fourth-order valence-electron chi connectivity index (χ4n) is 5.82. The van der Waals surface area contributed by atoms with E-state index in [1.165, 1.54) is 18.2 Å². The van der Waals surface area contributed by atoms with Crippen molar-refractivity contribution >= 4 is 23.3 Å². The van der Waals surface area contributed by atoms with E-state index in [9.17, 15) is 29.9 Å². The molecule has 3 N–H and O–H groups in total. The standard InChI is InChI=1S/C35H48N4O9/c1-7-9-17-38(22-35(4,5)36-19-26(40)21-48-29-16-11-10-15-28(29)46-6)20-27-32(34(43)47-8-2)31(30(33(41)42)23(3)37-27)24-13-12-14-25(18-24)39(44)45/h10-16,18,26,30-31,36,40H,7-9,17,19-22H2,1-6H3,(H,41,42). The normalized spacial score (nSPS) is 17.1. The van der Waals surface area contributed by atoms with Gasteiger partial charge >= 0.3 is 11.9 Å².